The van der Waals surface area contributed by atoms with Crippen molar-refractivity contribution in [3.63, 3.8) is 0 Å². The summed E-state index contributed by atoms with van der Waals surface area (Å²) < 4.78 is 41.1. The maximum absolute atomic E-state index is 14.8. The van der Waals surface area contributed by atoms with Gasteiger partial charge in [-0.1, -0.05) is 54.3 Å². The summed E-state index contributed by atoms with van der Waals surface area (Å²) in [7, 11) is -4.10. The molecule has 4 saturated heterocycles. The van der Waals surface area contributed by atoms with Gasteiger partial charge in [-0.2, -0.15) is 8.78 Å². The third kappa shape index (κ3) is 12.5. The molecule has 1 aromatic heterocycles. The molecule has 0 aliphatic carbocycles. The van der Waals surface area contributed by atoms with Gasteiger partial charge in [-0.3, -0.25) is 53.0 Å². The standard InChI is InChI=1S/C57H64F2N9O12PS/c1-56(36-12-4-3-5-13-36,55(77)66-27-23-33(24-28-66)9-6-7-10-34-11-8-14-39-40(34)31-67(53(39)75)43-19-22-48(70)63-50(43)72)64-49(71)41(17-21-47(60)69)61-51(73)44-18-16-38-25-26-65(2)32-42(54(76)68(38)44)62-52(74)46-30-35-29-37(15-20-45(35)82-46)57(58,59)81(78,79)80/h3-5,8,11-15,20,29-30,33,38,41-44H,6,9,16-19,21-28,31-32H2,1-2H3,(H2,60,69)(H,61,73)(H,62,74)(H,64,71)(H,63,70,72)(H2,78,79,80)/t38-,41+,42+,43?,44+,56?/m1/s1. The van der Waals surface area contributed by atoms with Crippen molar-refractivity contribution >= 4 is 82.2 Å². The first-order valence-electron chi connectivity index (χ1n) is 27.2. The number of nitrogens with zero attached hydrogens (tertiary/aromatic N) is 4. The van der Waals surface area contributed by atoms with Gasteiger partial charge in [0.05, 0.1) is 4.88 Å². The van der Waals surface area contributed by atoms with Crippen LogP contribution in [0.3, 0.4) is 0 Å². The van der Waals surface area contributed by atoms with Crippen molar-refractivity contribution in [1.29, 1.82) is 0 Å². The number of rotatable bonds is 16. The Bertz CT molecular complexity index is 3340. The monoisotopic (exact) mass is 1170 g/mol. The number of carbonyl (C=O) groups excluding carboxylic acids is 9. The Labute approximate surface area is 475 Å². The number of nitrogens with one attached hydrogen (secondary N) is 4. The summed E-state index contributed by atoms with van der Waals surface area (Å²) in [6, 6.07) is 13.3. The number of halogens is 2. The molecular formula is C57H64F2N9O12PS. The Morgan fingerprint density at radius 1 is 0.915 bits per heavy atom. The molecule has 9 amide bonds. The number of fused-ring (bicyclic) bond motifs is 3. The zero-order chi connectivity index (χ0) is 58.8. The molecule has 434 valence electrons. The van der Waals surface area contributed by atoms with Gasteiger partial charge in [0.1, 0.15) is 29.7 Å². The summed E-state index contributed by atoms with van der Waals surface area (Å²) in [5, 5.41) is 10.9. The zero-order valence-corrected chi connectivity index (χ0v) is 46.9. The van der Waals surface area contributed by atoms with Crippen LogP contribution >= 0.6 is 18.9 Å². The zero-order valence-electron chi connectivity index (χ0n) is 45.2. The molecule has 0 spiro atoms. The molecule has 82 heavy (non-hydrogen) atoms. The molecule has 5 aliphatic heterocycles. The molecular weight excluding hydrogens is 1100 g/mol. The van der Waals surface area contributed by atoms with E-state index in [0.717, 1.165) is 35.5 Å². The highest BCUT2D eigenvalue weighted by molar-refractivity contribution is 7.52. The molecule has 25 heteroatoms. The van der Waals surface area contributed by atoms with Crippen molar-refractivity contribution in [3.8, 4) is 11.8 Å². The minimum Gasteiger partial charge on any atom is -0.370 e. The molecule has 6 heterocycles. The van der Waals surface area contributed by atoms with Gasteiger partial charge in [0.25, 0.3) is 17.7 Å². The largest absolute Gasteiger partial charge is 0.399 e. The van der Waals surface area contributed by atoms with Crippen molar-refractivity contribution < 1.29 is 66.3 Å². The molecule has 6 atom stereocenters. The summed E-state index contributed by atoms with van der Waals surface area (Å²) in [5.41, 5.74) is 0.877. The molecule has 3 aromatic carbocycles. The fourth-order valence-electron chi connectivity index (χ4n) is 11.7. The van der Waals surface area contributed by atoms with E-state index in [9.17, 15) is 66.3 Å². The molecule has 5 aliphatic rings. The second-order valence-corrected chi connectivity index (χ2v) is 24.6. The number of alkyl halides is 2. The van der Waals surface area contributed by atoms with Gasteiger partial charge in [0.2, 0.25) is 35.4 Å². The number of primary amides is 1. The van der Waals surface area contributed by atoms with E-state index in [-0.39, 0.29) is 73.2 Å². The number of benzene rings is 3. The van der Waals surface area contributed by atoms with E-state index < -0.39 is 95.9 Å². The Morgan fingerprint density at radius 2 is 1.66 bits per heavy atom. The van der Waals surface area contributed by atoms with Crippen LogP contribution in [0.25, 0.3) is 10.1 Å². The number of imide groups is 1. The van der Waals surface area contributed by atoms with Gasteiger partial charge in [-0.15, -0.1) is 11.3 Å². The lowest BCUT2D eigenvalue weighted by atomic mass is 9.87. The maximum Gasteiger partial charge on any atom is 0.399 e. The Hall–Kier alpha value is -7.42. The molecule has 21 nitrogen and oxygen atoms in total. The van der Waals surface area contributed by atoms with Crippen LogP contribution in [0.4, 0.5) is 8.78 Å². The summed E-state index contributed by atoms with van der Waals surface area (Å²) >= 11 is 0.921. The number of likely N-dealkylation sites (N-methyl/N-ethyl adjacent to an activating group) is 1. The molecule has 2 unspecified atom stereocenters. The number of carbonyl (C=O) groups is 9. The van der Waals surface area contributed by atoms with Crippen molar-refractivity contribution in [3.05, 3.63) is 105 Å². The number of thiophene rings is 1. The summed E-state index contributed by atoms with van der Waals surface area (Å²) in [4.78, 5) is 147. The molecule has 0 bridgehead atoms. The average Bonchev–Trinajstić information content (AvgIpc) is 4.36. The van der Waals surface area contributed by atoms with Crippen LogP contribution in [-0.2, 0) is 55.9 Å². The first-order chi connectivity index (χ1) is 38.9. The molecule has 0 radical (unpaired) electrons. The van der Waals surface area contributed by atoms with Crippen LogP contribution in [0, 0.1) is 17.8 Å². The molecule has 4 fully saturated rings. The fraction of sp³-hybridized carbons (Fsp3) is 0.456. The smallest absolute Gasteiger partial charge is 0.370 e. The van der Waals surface area contributed by atoms with Gasteiger partial charge in [0.15, 0.2) is 0 Å². The number of nitrogens with two attached hydrogens (primary N) is 1. The number of likely N-dealkylation sites (tertiary alicyclic amines) is 1. The first-order valence-corrected chi connectivity index (χ1v) is 29.7. The van der Waals surface area contributed by atoms with E-state index in [2.05, 4.69) is 33.1 Å². The molecule has 8 N–H and O–H groups in total. The highest BCUT2D eigenvalue weighted by atomic mass is 32.1. The fourth-order valence-corrected chi connectivity index (χ4v) is 13.1. The minimum atomic E-state index is -5.87. The van der Waals surface area contributed by atoms with E-state index in [1.165, 1.54) is 21.9 Å². The van der Waals surface area contributed by atoms with E-state index >= 15 is 0 Å². The summed E-state index contributed by atoms with van der Waals surface area (Å²) in [5.74, 6) is 1.64. The van der Waals surface area contributed by atoms with Crippen molar-refractivity contribution in [2.75, 3.05) is 33.2 Å². The normalized spacial score (nSPS) is 22.0. The lowest BCUT2D eigenvalue weighted by Gasteiger charge is -2.40. The van der Waals surface area contributed by atoms with Crippen molar-refractivity contribution in [1.82, 2.24) is 40.9 Å². The number of amides is 9. The van der Waals surface area contributed by atoms with E-state index in [1.807, 2.05) is 11.0 Å². The summed E-state index contributed by atoms with van der Waals surface area (Å²) in [6.07, 6.45) is 3.52. The molecule has 9 rings (SSSR count). The topological polar surface area (TPSA) is 298 Å². The number of hydrogen-bond donors (Lipinski definition) is 7. The Balaban J connectivity index is 0.844. The van der Waals surface area contributed by atoms with Crippen molar-refractivity contribution in [2.24, 2.45) is 11.7 Å². The van der Waals surface area contributed by atoms with Crippen LogP contribution in [0.5, 0.6) is 0 Å². The number of piperidine rings is 2. The van der Waals surface area contributed by atoms with E-state index in [0.29, 0.717) is 73.1 Å². The second-order valence-electron chi connectivity index (χ2n) is 21.9. The van der Waals surface area contributed by atoms with Gasteiger partial charge in [-0.05, 0) is 125 Å². The van der Waals surface area contributed by atoms with Gasteiger partial charge in [0, 0.05) is 72.9 Å². The third-order valence-electron chi connectivity index (χ3n) is 16.3. The first kappa shape index (κ1) is 59.2. The predicted octanol–water partition coefficient (Wildman–Crippen LogP) is 3.54. The van der Waals surface area contributed by atoms with Crippen LogP contribution in [0.2, 0.25) is 0 Å². The number of hydrogen-bond acceptors (Lipinski definition) is 12. The van der Waals surface area contributed by atoms with E-state index in [4.69, 9.17) is 5.73 Å². The Morgan fingerprint density at radius 3 is 2.37 bits per heavy atom. The van der Waals surface area contributed by atoms with Crippen LogP contribution in [-0.4, -0.2) is 146 Å². The highest BCUT2D eigenvalue weighted by Crippen LogP contribution is 2.59. The average molecular weight is 1170 g/mol. The van der Waals surface area contributed by atoms with E-state index in [1.54, 1.807) is 61.3 Å². The maximum atomic E-state index is 14.8. The lowest BCUT2D eigenvalue weighted by molar-refractivity contribution is -0.145. The lowest BCUT2D eigenvalue weighted by Crippen LogP contribution is -2.62. The Kier molecular flexibility index (Phi) is 17.5. The van der Waals surface area contributed by atoms with Gasteiger partial charge >= 0.3 is 13.3 Å². The van der Waals surface area contributed by atoms with Crippen LogP contribution < -0.4 is 27.0 Å². The SMILES string of the molecule is CN1CC[C@H]2CC[C@@H](C(=O)N[C@@H](CCC(N)=O)C(=O)NC(C)(C(=O)N3CCC(CCC#Cc4cccc5c4CN(C4CCC(=O)NC4=O)C5=O)CC3)c3ccccc3)N2C(=O)[C@@H](NC(=O)c2cc3cc(C(F)(F)P(=O)(O)O)ccc3s2)C1. The van der Waals surface area contributed by atoms with Gasteiger partial charge < -0.3 is 51.1 Å². The molecule has 4 aromatic rings. The van der Waals surface area contributed by atoms with Gasteiger partial charge in [-0.25, -0.2) is 0 Å². The van der Waals surface area contributed by atoms with Crippen LogP contribution in [0.15, 0.2) is 72.8 Å². The van der Waals surface area contributed by atoms with Crippen molar-refractivity contribution in [2.45, 2.75) is 126 Å². The quantitative estimate of drug-likeness (QED) is 0.0481. The molecule has 0 saturated carbocycles. The predicted molar refractivity (Wildman–Crippen MR) is 295 cm³/mol. The second kappa shape index (κ2) is 24.2. The van der Waals surface area contributed by atoms with Crippen LogP contribution in [0.1, 0.15) is 120 Å². The summed E-state index contributed by atoms with van der Waals surface area (Å²) in [6.45, 7) is 3.06. The third-order valence-corrected chi connectivity index (χ3v) is 18.4. The minimum absolute atomic E-state index is 0.0285. The highest BCUT2D eigenvalue weighted by Gasteiger charge is 2.51.